The highest BCUT2D eigenvalue weighted by Crippen LogP contribution is 2.37. The van der Waals surface area contributed by atoms with Gasteiger partial charge in [-0.25, -0.2) is 4.98 Å². The van der Waals surface area contributed by atoms with E-state index in [9.17, 15) is 0 Å². The number of aromatic nitrogens is 2. The maximum atomic E-state index is 6.18. The first-order valence-electron chi connectivity index (χ1n) is 9.34. The molecular weight excluding hydrogens is 429 g/mol. The van der Waals surface area contributed by atoms with Crippen LogP contribution >= 0.6 is 36.4 Å². The fourth-order valence-electron chi connectivity index (χ4n) is 4.08. The van der Waals surface area contributed by atoms with Gasteiger partial charge in [-0.2, -0.15) is 0 Å². The number of rotatable bonds is 5. The molecule has 4 nitrogen and oxygen atoms in total. The van der Waals surface area contributed by atoms with Gasteiger partial charge >= 0.3 is 0 Å². The van der Waals surface area contributed by atoms with Gasteiger partial charge in [-0.05, 0) is 56.1 Å². The smallest absolute Gasteiger partial charge is 0.141 e. The van der Waals surface area contributed by atoms with Gasteiger partial charge in [0, 0.05) is 22.3 Å². The van der Waals surface area contributed by atoms with E-state index in [0.29, 0.717) is 5.02 Å². The first-order chi connectivity index (χ1) is 13.2. The van der Waals surface area contributed by atoms with Crippen LogP contribution in [-0.4, -0.2) is 30.2 Å². The fourth-order valence-corrected chi connectivity index (χ4v) is 4.25. The Morgan fingerprint density at radius 2 is 1.79 bits per heavy atom. The number of nitrogens with one attached hydrogen (secondary N) is 2. The third kappa shape index (κ3) is 5.07. The molecule has 29 heavy (non-hydrogen) atoms. The number of aromatic amines is 1. The Bertz CT molecular complexity index is 909. The van der Waals surface area contributed by atoms with Gasteiger partial charge in [-0.15, -0.1) is 24.8 Å². The zero-order valence-electron chi connectivity index (χ0n) is 16.3. The largest absolute Gasteiger partial charge is 0.496 e. The Hall–Kier alpha value is -1.72. The van der Waals surface area contributed by atoms with Gasteiger partial charge in [-0.3, -0.25) is 0 Å². The third-order valence-electron chi connectivity index (χ3n) is 5.52. The van der Waals surface area contributed by atoms with E-state index in [-0.39, 0.29) is 30.2 Å². The molecule has 0 bridgehead atoms. The summed E-state index contributed by atoms with van der Waals surface area (Å²) in [5.41, 5.74) is 3.56. The molecule has 1 fully saturated rings. The van der Waals surface area contributed by atoms with Crippen LogP contribution in [0.5, 0.6) is 5.75 Å². The maximum absolute atomic E-state index is 6.18. The molecule has 2 heterocycles. The number of hydrogen-bond acceptors (Lipinski definition) is 3. The third-order valence-corrected chi connectivity index (χ3v) is 5.76. The number of H-pyrrole nitrogens is 1. The van der Waals surface area contributed by atoms with Crippen LogP contribution in [0, 0.1) is 0 Å². The van der Waals surface area contributed by atoms with E-state index in [1.807, 2.05) is 24.4 Å². The quantitative estimate of drug-likeness (QED) is 0.539. The van der Waals surface area contributed by atoms with Crippen LogP contribution in [0.2, 0.25) is 5.02 Å². The van der Waals surface area contributed by atoms with Crippen LogP contribution < -0.4 is 10.1 Å². The minimum Gasteiger partial charge on any atom is -0.496 e. The number of benzene rings is 2. The van der Waals surface area contributed by atoms with Crippen molar-refractivity contribution in [3.63, 3.8) is 0 Å². The Balaban J connectivity index is 0.00000150. The Labute approximate surface area is 189 Å². The predicted octanol–water partition coefficient (Wildman–Crippen LogP) is 5.45. The second-order valence-electron chi connectivity index (χ2n) is 7.17. The molecule has 2 N–H and O–H groups in total. The van der Waals surface area contributed by atoms with Crippen molar-refractivity contribution in [2.75, 3.05) is 20.2 Å². The predicted molar refractivity (Wildman–Crippen MR) is 124 cm³/mol. The minimum atomic E-state index is 0. The fraction of sp³-hybridized carbons (Fsp3) is 0.318. The maximum Gasteiger partial charge on any atom is 0.141 e. The van der Waals surface area contributed by atoms with Crippen molar-refractivity contribution >= 4 is 36.4 Å². The zero-order valence-corrected chi connectivity index (χ0v) is 18.7. The summed E-state index contributed by atoms with van der Waals surface area (Å²) in [5, 5.41) is 4.16. The summed E-state index contributed by atoms with van der Waals surface area (Å²) in [4.78, 5) is 8.12. The monoisotopic (exact) mass is 453 g/mol. The van der Waals surface area contributed by atoms with Crippen LogP contribution in [-0.2, 0) is 11.8 Å². The highest BCUT2D eigenvalue weighted by atomic mass is 35.5. The summed E-state index contributed by atoms with van der Waals surface area (Å²) in [6.07, 6.45) is 5.12. The molecule has 0 spiro atoms. The van der Waals surface area contributed by atoms with Gasteiger partial charge < -0.3 is 15.0 Å². The van der Waals surface area contributed by atoms with E-state index < -0.39 is 0 Å². The lowest BCUT2D eigenvalue weighted by molar-refractivity contribution is 0.303. The van der Waals surface area contributed by atoms with E-state index in [0.717, 1.165) is 55.2 Å². The van der Waals surface area contributed by atoms with Crippen LogP contribution in [0.1, 0.15) is 24.1 Å². The molecule has 1 saturated heterocycles. The Kier molecular flexibility index (Phi) is 8.41. The molecule has 0 unspecified atom stereocenters. The highest BCUT2D eigenvalue weighted by Gasteiger charge is 2.34. The van der Waals surface area contributed by atoms with E-state index in [2.05, 4.69) is 45.6 Å². The van der Waals surface area contributed by atoms with Gasteiger partial charge in [0.25, 0.3) is 0 Å². The second-order valence-corrected chi connectivity index (χ2v) is 7.61. The topological polar surface area (TPSA) is 49.9 Å². The summed E-state index contributed by atoms with van der Waals surface area (Å²) < 4.78 is 5.48. The van der Waals surface area contributed by atoms with Gasteiger partial charge in [0.15, 0.2) is 0 Å². The average molecular weight is 455 g/mol. The molecule has 0 radical (unpaired) electrons. The molecule has 156 valence electrons. The summed E-state index contributed by atoms with van der Waals surface area (Å²) in [7, 11) is 1.66. The second kappa shape index (κ2) is 10.4. The van der Waals surface area contributed by atoms with Crippen molar-refractivity contribution in [3.05, 3.63) is 71.0 Å². The Morgan fingerprint density at radius 1 is 1.07 bits per heavy atom. The number of imidazole rings is 1. The van der Waals surface area contributed by atoms with Crippen molar-refractivity contribution in [3.8, 4) is 17.1 Å². The molecule has 1 aromatic heterocycles. The minimum absolute atomic E-state index is 0. The Morgan fingerprint density at radius 3 is 2.48 bits per heavy atom. The lowest BCUT2D eigenvalue weighted by Crippen LogP contribution is -2.41. The molecule has 0 aliphatic carbocycles. The molecule has 0 saturated carbocycles. The zero-order chi connectivity index (χ0) is 18.7. The van der Waals surface area contributed by atoms with Crippen LogP contribution in [0.25, 0.3) is 11.4 Å². The molecule has 7 heteroatoms. The van der Waals surface area contributed by atoms with Gasteiger partial charge in [-0.1, -0.05) is 41.9 Å². The van der Waals surface area contributed by atoms with Crippen LogP contribution in [0.15, 0.2) is 54.7 Å². The van der Waals surface area contributed by atoms with Crippen molar-refractivity contribution in [2.45, 2.75) is 24.7 Å². The summed E-state index contributed by atoms with van der Waals surface area (Å²) in [6.45, 7) is 2.08. The van der Waals surface area contributed by atoms with Gasteiger partial charge in [0.05, 0.1) is 12.7 Å². The number of nitrogens with zero attached hydrogens (tertiary/aromatic N) is 1. The average Bonchev–Trinajstić information content (AvgIpc) is 3.17. The number of piperidine rings is 1. The lowest BCUT2D eigenvalue weighted by atomic mass is 9.70. The summed E-state index contributed by atoms with van der Waals surface area (Å²) >= 11 is 6.18. The standard InChI is InChI=1S/C22H24ClN3O.2ClH/c1-27-20-8-7-17(23)13-19(20)21-25-15-18(26-21)14-22(9-11-24-12-10-22)16-5-3-2-4-6-16;;/h2-8,13,15,24H,9-12,14H2,1H3,(H,25,26);2*1H. The highest BCUT2D eigenvalue weighted by molar-refractivity contribution is 6.30. The molecule has 0 amide bonds. The van der Waals surface area contributed by atoms with Gasteiger partial charge in [0.1, 0.15) is 11.6 Å². The number of ether oxygens (including phenoxy) is 1. The summed E-state index contributed by atoms with van der Waals surface area (Å²) in [5.74, 6) is 1.56. The molecule has 1 aliphatic rings. The first kappa shape index (κ1) is 23.6. The van der Waals surface area contributed by atoms with Crippen molar-refractivity contribution in [2.24, 2.45) is 0 Å². The van der Waals surface area contributed by atoms with Crippen LogP contribution in [0.4, 0.5) is 0 Å². The molecule has 3 aromatic rings. The number of methoxy groups -OCH3 is 1. The van der Waals surface area contributed by atoms with E-state index in [1.165, 1.54) is 5.56 Å². The number of hydrogen-bond donors (Lipinski definition) is 2. The van der Waals surface area contributed by atoms with Crippen LogP contribution in [0.3, 0.4) is 0 Å². The normalized spacial score (nSPS) is 15.1. The molecule has 2 aromatic carbocycles. The van der Waals surface area contributed by atoms with Gasteiger partial charge in [0.2, 0.25) is 0 Å². The lowest BCUT2D eigenvalue weighted by Gasteiger charge is -2.38. The van der Waals surface area contributed by atoms with Crippen molar-refractivity contribution in [1.82, 2.24) is 15.3 Å². The molecule has 4 rings (SSSR count). The SMILES string of the molecule is COc1ccc(Cl)cc1-c1ncc(CC2(c3ccccc3)CCNCC2)[nH]1.Cl.Cl. The molecule has 0 atom stereocenters. The first-order valence-corrected chi connectivity index (χ1v) is 9.72. The molecule has 1 aliphatic heterocycles. The van der Waals surface area contributed by atoms with Crippen molar-refractivity contribution in [1.29, 1.82) is 0 Å². The summed E-state index contributed by atoms with van der Waals surface area (Å²) in [6, 6.07) is 16.4. The van der Waals surface area contributed by atoms with Crippen molar-refractivity contribution < 1.29 is 4.74 Å². The number of halogens is 3. The van der Waals surface area contributed by atoms with E-state index in [4.69, 9.17) is 16.3 Å². The van der Waals surface area contributed by atoms with E-state index >= 15 is 0 Å². The molecular formula is C22H26Cl3N3O. The van der Waals surface area contributed by atoms with E-state index in [1.54, 1.807) is 7.11 Å².